The molecule has 0 unspecified atom stereocenters. The minimum Gasteiger partial charge on any atom is -0.478 e. The highest BCUT2D eigenvalue weighted by atomic mass is 16.5. The van der Waals surface area contributed by atoms with Crippen molar-refractivity contribution in [2.45, 2.75) is 25.9 Å². The van der Waals surface area contributed by atoms with Crippen LogP contribution in [0.15, 0.2) is 18.2 Å². The summed E-state index contributed by atoms with van der Waals surface area (Å²) in [6.07, 6.45) is 1.79. The Labute approximate surface area is 123 Å². The van der Waals surface area contributed by atoms with E-state index < -0.39 is 5.97 Å². The van der Waals surface area contributed by atoms with Crippen molar-refractivity contribution < 1.29 is 19.4 Å². The van der Waals surface area contributed by atoms with Gasteiger partial charge >= 0.3 is 12.0 Å². The molecule has 0 radical (unpaired) electrons. The Kier molecular flexibility index (Phi) is 4.80. The average molecular weight is 292 g/mol. The van der Waals surface area contributed by atoms with E-state index >= 15 is 0 Å². The number of urea groups is 1. The lowest BCUT2D eigenvalue weighted by atomic mass is 10.1. The molecule has 1 fully saturated rings. The molecular weight excluding hydrogens is 272 g/mol. The SMILES string of the molecule is COC1CCN(C(=O)Nc2cccc(C)c2C(=O)O)CC1. The number of hydrogen-bond donors (Lipinski definition) is 2. The van der Waals surface area contributed by atoms with E-state index in [2.05, 4.69) is 5.32 Å². The maximum Gasteiger partial charge on any atom is 0.338 e. The number of ether oxygens (including phenoxy) is 1. The maximum absolute atomic E-state index is 12.2. The minimum atomic E-state index is -1.04. The Morgan fingerprint density at radius 3 is 2.57 bits per heavy atom. The van der Waals surface area contributed by atoms with E-state index in [1.54, 1.807) is 37.1 Å². The summed E-state index contributed by atoms with van der Waals surface area (Å²) in [5, 5.41) is 12.0. The number of hydrogen-bond acceptors (Lipinski definition) is 3. The molecule has 1 aromatic rings. The fraction of sp³-hybridized carbons (Fsp3) is 0.467. The smallest absolute Gasteiger partial charge is 0.338 e. The lowest BCUT2D eigenvalue weighted by Gasteiger charge is -2.31. The Morgan fingerprint density at radius 1 is 1.33 bits per heavy atom. The highest BCUT2D eigenvalue weighted by Gasteiger charge is 2.23. The molecule has 21 heavy (non-hydrogen) atoms. The highest BCUT2D eigenvalue weighted by Crippen LogP contribution is 2.21. The molecule has 1 heterocycles. The van der Waals surface area contributed by atoms with Crippen LogP contribution in [0.3, 0.4) is 0 Å². The summed E-state index contributed by atoms with van der Waals surface area (Å²) in [4.78, 5) is 25.2. The molecule has 114 valence electrons. The average Bonchev–Trinajstić information content (AvgIpc) is 2.47. The number of likely N-dealkylation sites (tertiary alicyclic amines) is 1. The van der Waals surface area contributed by atoms with Crippen molar-refractivity contribution >= 4 is 17.7 Å². The molecule has 0 aromatic heterocycles. The highest BCUT2D eigenvalue weighted by molar-refractivity contribution is 6.01. The molecule has 6 heteroatoms. The van der Waals surface area contributed by atoms with Crippen molar-refractivity contribution in [3.8, 4) is 0 Å². The number of aromatic carboxylic acids is 1. The maximum atomic E-state index is 12.2. The molecule has 0 aliphatic carbocycles. The normalized spacial score (nSPS) is 15.8. The van der Waals surface area contributed by atoms with Crippen LogP contribution in [0.1, 0.15) is 28.8 Å². The minimum absolute atomic E-state index is 0.137. The standard InChI is InChI=1S/C15H20N2O4/c1-10-4-3-5-12(13(10)14(18)19)16-15(20)17-8-6-11(21-2)7-9-17/h3-5,11H,6-9H2,1-2H3,(H,16,20)(H,18,19). The van der Waals surface area contributed by atoms with E-state index in [0.29, 0.717) is 24.3 Å². The van der Waals surface area contributed by atoms with Gasteiger partial charge < -0.3 is 20.1 Å². The molecule has 6 nitrogen and oxygen atoms in total. The van der Waals surface area contributed by atoms with Crippen LogP contribution in [0.25, 0.3) is 0 Å². The first-order valence-corrected chi connectivity index (χ1v) is 6.94. The summed E-state index contributed by atoms with van der Waals surface area (Å²) in [7, 11) is 1.67. The predicted molar refractivity (Wildman–Crippen MR) is 78.8 cm³/mol. The number of nitrogens with one attached hydrogen (secondary N) is 1. The topological polar surface area (TPSA) is 78.9 Å². The lowest BCUT2D eigenvalue weighted by molar-refractivity contribution is 0.0521. The number of amides is 2. The van der Waals surface area contributed by atoms with Gasteiger partial charge in [-0.05, 0) is 31.4 Å². The van der Waals surface area contributed by atoms with Crippen LogP contribution in [-0.2, 0) is 4.74 Å². The van der Waals surface area contributed by atoms with Gasteiger partial charge in [-0.15, -0.1) is 0 Å². The summed E-state index contributed by atoms with van der Waals surface area (Å²) >= 11 is 0. The van der Waals surface area contributed by atoms with E-state index in [4.69, 9.17) is 4.74 Å². The third-order valence-electron chi connectivity index (χ3n) is 3.79. The van der Waals surface area contributed by atoms with Gasteiger partial charge in [0, 0.05) is 20.2 Å². The molecule has 2 amide bonds. The number of carbonyl (C=O) groups is 2. The van der Waals surface area contributed by atoms with Gasteiger partial charge in [-0.3, -0.25) is 0 Å². The Hall–Kier alpha value is -2.08. The number of piperidine rings is 1. The summed E-state index contributed by atoms with van der Waals surface area (Å²) in [6, 6.07) is 4.78. The third kappa shape index (κ3) is 3.52. The zero-order valence-corrected chi connectivity index (χ0v) is 12.3. The van der Waals surface area contributed by atoms with Crippen LogP contribution in [0.4, 0.5) is 10.5 Å². The summed E-state index contributed by atoms with van der Waals surface area (Å²) in [5.41, 5.74) is 1.09. The molecule has 2 N–H and O–H groups in total. The molecular formula is C15H20N2O4. The summed E-state index contributed by atoms with van der Waals surface area (Å²) in [6.45, 7) is 2.93. The zero-order valence-electron chi connectivity index (χ0n) is 12.3. The number of carboxylic acids is 1. The number of carbonyl (C=O) groups excluding carboxylic acids is 1. The fourth-order valence-corrected chi connectivity index (χ4v) is 2.54. The van der Waals surface area contributed by atoms with Crippen LogP contribution in [-0.4, -0.2) is 48.3 Å². The Bertz CT molecular complexity index is 536. The van der Waals surface area contributed by atoms with Gasteiger partial charge in [0.05, 0.1) is 17.4 Å². The van der Waals surface area contributed by atoms with Gasteiger partial charge in [0.1, 0.15) is 0 Å². The summed E-state index contributed by atoms with van der Waals surface area (Å²) in [5.74, 6) is -1.04. The first kappa shape index (κ1) is 15.3. The Balaban J connectivity index is 2.07. The number of rotatable bonds is 3. The lowest BCUT2D eigenvalue weighted by Crippen LogP contribution is -2.43. The molecule has 1 saturated heterocycles. The van der Waals surface area contributed by atoms with E-state index in [0.717, 1.165) is 12.8 Å². The number of anilines is 1. The quantitative estimate of drug-likeness (QED) is 0.896. The second kappa shape index (κ2) is 6.58. The molecule has 0 saturated carbocycles. The molecule has 0 spiro atoms. The van der Waals surface area contributed by atoms with Gasteiger partial charge in [-0.2, -0.15) is 0 Å². The monoisotopic (exact) mass is 292 g/mol. The number of benzene rings is 1. The van der Waals surface area contributed by atoms with Crippen LogP contribution in [0.2, 0.25) is 0 Å². The van der Waals surface area contributed by atoms with E-state index in [1.165, 1.54) is 0 Å². The summed E-state index contributed by atoms with van der Waals surface area (Å²) < 4.78 is 5.27. The van der Waals surface area contributed by atoms with Gasteiger partial charge in [-0.1, -0.05) is 12.1 Å². The predicted octanol–water partition coefficient (Wildman–Crippen LogP) is 2.34. The van der Waals surface area contributed by atoms with Crippen molar-refractivity contribution in [1.82, 2.24) is 4.90 Å². The van der Waals surface area contributed by atoms with Crippen LogP contribution in [0.5, 0.6) is 0 Å². The molecule has 1 aliphatic rings. The van der Waals surface area contributed by atoms with Gasteiger partial charge in [0.25, 0.3) is 0 Å². The van der Waals surface area contributed by atoms with Crippen molar-refractivity contribution in [2.75, 3.05) is 25.5 Å². The van der Waals surface area contributed by atoms with Gasteiger partial charge in [0.2, 0.25) is 0 Å². The zero-order chi connectivity index (χ0) is 15.4. The Morgan fingerprint density at radius 2 is 2.00 bits per heavy atom. The molecule has 2 rings (SSSR count). The van der Waals surface area contributed by atoms with Gasteiger partial charge in [0.15, 0.2) is 0 Å². The largest absolute Gasteiger partial charge is 0.478 e. The molecule has 1 aromatic carbocycles. The second-order valence-electron chi connectivity index (χ2n) is 5.15. The molecule has 1 aliphatic heterocycles. The molecule has 0 atom stereocenters. The van der Waals surface area contributed by atoms with E-state index in [9.17, 15) is 14.7 Å². The van der Waals surface area contributed by atoms with Crippen molar-refractivity contribution in [3.63, 3.8) is 0 Å². The van der Waals surface area contributed by atoms with Crippen molar-refractivity contribution in [1.29, 1.82) is 0 Å². The number of carboxylic acid groups (broad SMARTS) is 1. The third-order valence-corrected chi connectivity index (χ3v) is 3.79. The first-order chi connectivity index (χ1) is 10.0. The van der Waals surface area contributed by atoms with E-state index in [1.807, 2.05) is 0 Å². The van der Waals surface area contributed by atoms with Crippen LogP contribution in [0, 0.1) is 6.92 Å². The van der Waals surface area contributed by atoms with Crippen molar-refractivity contribution in [2.24, 2.45) is 0 Å². The van der Waals surface area contributed by atoms with Crippen molar-refractivity contribution in [3.05, 3.63) is 29.3 Å². The van der Waals surface area contributed by atoms with E-state index in [-0.39, 0.29) is 17.7 Å². The number of aryl methyl sites for hydroxylation is 1. The molecule has 0 bridgehead atoms. The number of methoxy groups -OCH3 is 1. The fourth-order valence-electron chi connectivity index (χ4n) is 2.54. The first-order valence-electron chi connectivity index (χ1n) is 6.94. The number of nitrogens with zero attached hydrogens (tertiary/aromatic N) is 1. The van der Waals surface area contributed by atoms with Crippen LogP contribution >= 0.6 is 0 Å². The second-order valence-corrected chi connectivity index (χ2v) is 5.15. The van der Waals surface area contributed by atoms with Crippen LogP contribution < -0.4 is 5.32 Å². The van der Waals surface area contributed by atoms with Gasteiger partial charge in [-0.25, -0.2) is 9.59 Å².